The van der Waals surface area contributed by atoms with Gasteiger partial charge in [-0.25, -0.2) is 18.9 Å². The fraction of sp³-hybridized carbons (Fsp3) is 0.286. The Labute approximate surface area is 137 Å². The molecule has 2 aromatic rings. The number of rotatable bonds is 4. The first-order valence-electron chi connectivity index (χ1n) is 6.91. The quantitative estimate of drug-likeness (QED) is 0.857. The highest BCUT2D eigenvalue weighted by Crippen LogP contribution is 2.25. The van der Waals surface area contributed by atoms with E-state index in [1.165, 1.54) is 28.3 Å². The number of nitrogens with zero attached hydrogens (tertiary/aromatic N) is 4. The predicted molar refractivity (Wildman–Crippen MR) is 85.2 cm³/mol. The summed E-state index contributed by atoms with van der Waals surface area (Å²) in [6.45, 7) is 2.51. The molecule has 1 N–H and O–H groups in total. The van der Waals surface area contributed by atoms with Gasteiger partial charge in [-0.3, -0.25) is 4.90 Å². The average molecular weight is 335 g/mol. The number of ether oxygens (including phenoxy) is 1. The summed E-state index contributed by atoms with van der Waals surface area (Å²) in [4.78, 5) is 17.7. The second-order valence-corrected chi connectivity index (χ2v) is 5.64. The van der Waals surface area contributed by atoms with E-state index < -0.39 is 11.9 Å². The molecule has 2 heterocycles. The fourth-order valence-electron chi connectivity index (χ4n) is 2.28. The van der Waals surface area contributed by atoms with Gasteiger partial charge in [-0.15, -0.1) is 0 Å². The first kappa shape index (κ1) is 15.3. The lowest BCUT2D eigenvalue weighted by molar-refractivity contribution is 0.143. The Bertz CT molecular complexity index is 737. The number of hydrogen-bond donors (Lipinski definition) is 1. The summed E-state index contributed by atoms with van der Waals surface area (Å²) in [5.74, 6) is -0.503. The monoisotopic (exact) mass is 335 g/mol. The van der Waals surface area contributed by atoms with Crippen LogP contribution in [0, 0.1) is 5.82 Å². The molecule has 120 valence electrons. The zero-order valence-electron chi connectivity index (χ0n) is 12.3. The maximum absolute atomic E-state index is 14.2. The van der Waals surface area contributed by atoms with E-state index in [0.717, 1.165) is 0 Å². The van der Waals surface area contributed by atoms with Crippen molar-refractivity contribution in [1.82, 2.24) is 20.1 Å². The van der Waals surface area contributed by atoms with Crippen molar-refractivity contribution in [3.63, 3.8) is 0 Å². The zero-order chi connectivity index (χ0) is 16.4. The number of thiocarbonyl (C=S) groups is 1. The highest BCUT2D eigenvalue weighted by molar-refractivity contribution is 7.80. The second kappa shape index (κ2) is 6.29. The van der Waals surface area contributed by atoms with Crippen LogP contribution in [0.3, 0.4) is 0 Å². The lowest BCUT2D eigenvalue weighted by Gasteiger charge is -2.14. The van der Waals surface area contributed by atoms with Crippen LogP contribution in [0.1, 0.15) is 6.92 Å². The molecular weight excluding hydrogens is 321 g/mol. The molecule has 23 heavy (non-hydrogen) atoms. The Morgan fingerprint density at radius 1 is 1.57 bits per heavy atom. The molecule has 0 bridgehead atoms. The minimum Gasteiger partial charge on any atom is -0.442 e. The van der Waals surface area contributed by atoms with Gasteiger partial charge < -0.3 is 10.1 Å². The van der Waals surface area contributed by atoms with Crippen molar-refractivity contribution < 1.29 is 13.9 Å². The van der Waals surface area contributed by atoms with Crippen molar-refractivity contribution in [3.05, 3.63) is 36.7 Å². The summed E-state index contributed by atoms with van der Waals surface area (Å²) in [5, 5.41) is 6.84. The standard InChI is InChI=1S/C14H14FN5O2S/c1-9(23)17-5-11-6-19(14(21)22-11)10-2-3-13(12(15)4-10)20-8-16-7-18-20/h2-4,7-8,11H,5-6H2,1H3,(H,17,23). The van der Waals surface area contributed by atoms with E-state index in [-0.39, 0.29) is 11.8 Å². The van der Waals surface area contributed by atoms with E-state index in [0.29, 0.717) is 23.8 Å². The van der Waals surface area contributed by atoms with E-state index >= 15 is 0 Å². The van der Waals surface area contributed by atoms with Crippen molar-refractivity contribution in [3.8, 4) is 5.69 Å². The number of amides is 1. The number of halogens is 1. The molecule has 1 aliphatic heterocycles. The first-order chi connectivity index (χ1) is 11.0. The molecule has 9 heteroatoms. The maximum atomic E-state index is 14.2. The summed E-state index contributed by atoms with van der Waals surface area (Å²) in [6.07, 6.45) is 1.88. The van der Waals surface area contributed by atoms with Crippen LogP contribution in [0.25, 0.3) is 5.69 Å². The van der Waals surface area contributed by atoms with Crippen molar-refractivity contribution >= 4 is 29.0 Å². The Hall–Kier alpha value is -2.55. The van der Waals surface area contributed by atoms with Crippen LogP contribution >= 0.6 is 12.2 Å². The molecule has 1 aromatic carbocycles. The van der Waals surface area contributed by atoms with E-state index in [4.69, 9.17) is 17.0 Å². The summed E-state index contributed by atoms with van der Waals surface area (Å²) >= 11 is 4.92. The highest BCUT2D eigenvalue weighted by Gasteiger charge is 2.32. The number of nitrogens with one attached hydrogen (secondary N) is 1. The predicted octanol–water partition coefficient (Wildman–Crippen LogP) is 1.67. The SMILES string of the molecule is CC(=S)NCC1CN(c2ccc(-n3cncn3)c(F)c2)C(=O)O1. The van der Waals surface area contributed by atoms with E-state index in [2.05, 4.69) is 15.4 Å². The number of hydrogen-bond acceptors (Lipinski definition) is 5. The van der Waals surface area contributed by atoms with Gasteiger partial charge in [0.1, 0.15) is 24.4 Å². The van der Waals surface area contributed by atoms with Crippen LogP contribution in [-0.4, -0.2) is 45.0 Å². The molecular formula is C14H14FN5O2S. The number of anilines is 1. The highest BCUT2D eigenvalue weighted by atomic mass is 32.1. The van der Waals surface area contributed by atoms with Gasteiger partial charge in [-0.1, -0.05) is 12.2 Å². The van der Waals surface area contributed by atoms with Crippen molar-refractivity contribution in [2.24, 2.45) is 0 Å². The molecule has 1 saturated heterocycles. The van der Waals surface area contributed by atoms with Crippen molar-refractivity contribution in [1.29, 1.82) is 0 Å². The van der Waals surface area contributed by atoms with E-state index in [9.17, 15) is 9.18 Å². The van der Waals surface area contributed by atoms with Crippen molar-refractivity contribution in [2.45, 2.75) is 13.0 Å². The minimum absolute atomic E-state index is 0.258. The second-order valence-electron chi connectivity index (χ2n) is 5.03. The molecule has 0 saturated carbocycles. The molecule has 0 aliphatic carbocycles. The number of aromatic nitrogens is 3. The Morgan fingerprint density at radius 2 is 2.39 bits per heavy atom. The van der Waals surface area contributed by atoms with E-state index in [1.807, 2.05) is 0 Å². The molecule has 7 nitrogen and oxygen atoms in total. The number of cyclic esters (lactones) is 1. The smallest absolute Gasteiger partial charge is 0.414 e. The topological polar surface area (TPSA) is 72.3 Å². The largest absolute Gasteiger partial charge is 0.442 e. The number of carbonyl (C=O) groups is 1. The molecule has 1 amide bonds. The average Bonchev–Trinajstić information content (AvgIpc) is 3.14. The van der Waals surface area contributed by atoms with Crippen LogP contribution in [-0.2, 0) is 4.74 Å². The molecule has 1 atom stereocenters. The first-order valence-corrected chi connectivity index (χ1v) is 7.32. The molecule has 0 radical (unpaired) electrons. The van der Waals surface area contributed by atoms with Gasteiger partial charge in [-0.2, -0.15) is 5.10 Å². The van der Waals surface area contributed by atoms with Gasteiger partial charge in [-0.05, 0) is 25.1 Å². The third kappa shape index (κ3) is 3.29. The summed E-state index contributed by atoms with van der Waals surface area (Å²) in [7, 11) is 0. The van der Waals surface area contributed by atoms with Gasteiger partial charge in [0.15, 0.2) is 5.82 Å². The molecule has 1 fully saturated rings. The zero-order valence-corrected chi connectivity index (χ0v) is 13.1. The van der Waals surface area contributed by atoms with Crippen LogP contribution < -0.4 is 10.2 Å². The lowest BCUT2D eigenvalue weighted by atomic mass is 10.2. The van der Waals surface area contributed by atoms with Gasteiger partial charge >= 0.3 is 6.09 Å². The summed E-state index contributed by atoms with van der Waals surface area (Å²) < 4.78 is 20.8. The molecule has 1 unspecified atom stereocenters. The third-order valence-corrected chi connectivity index (χ3v) is 3.51. The minimum atomic E-state index is -0.508. The Balaban J connectivity index is 1.76. The van der Waals surface area contributed by atoms with Crippen LogP contribution in [0.4, 0.5) is 14.9 Å². The van der Waals surface area contributed by atoms with Crippen LogP contribution in [0.5, 0.6) is 0 Å². The lowest BCUT2D eigenvalue weighted by Crippen LogP contribution is -2.32. The van der Waals surface area contributed by atoms with Gasteiger partial charge in [0.05, 0.1) is 23.8 Å². The number of carbonyl (C=O) groups excluding carboxylic acids is 1. The maximum Gasteiger partial charge on any atom is 0.414 e. The Kier molecular flexibility index (Phi) is 4.20. The van der Waals surface area contributed by atoms with Gasteiger partial charge in [0.2, 0.25) is 0 Å². The fourth-order valence-corrected chi connectivity index (χ4v) is 2.36. The molecule has 3 rings (SSSR count). The normalized spacial score (nSPS) is 17.2. The summed E-state index contributed by atoms with van der Waals surface area (Å²) in [6, 6.07) is 4.46. The van der Waals surface area contributed by atoms with Gasteiger partial charge in [0, 0.05) is 0 Å². The number of benzene rings is 1. The molecule has 1 aromatic heterocycles. The van der Waals surface area contributed by atoms with Gasteiger partial charge in [0.25, 0.3) is 0 Å². The summed E-state index contributed by atoms with van der Waals surface area (Å²) in [5.41, 5.74) is 0.686. The Morgan fingerprint density at radius 3 is 3.04 bits per heavy atom. The van der Waals surface area contributed by atoms with Crippen LogP contribution in [0.15, 0.2) is 30.9 Å². The van der Waals surface area contributed by atoms with Crippen molar-refractivity contribution in [2.75, 3.05) is 18.0 Å². The van der Waals surface area contributed by atoms with Crippen LogP contribution in [0.2, 0.25) is 0 Å². The third-order valence-electron chi connectivity index (χ3n) is 3.36. The molecule has 0 spiro atoms. The van der Waals surface area contributed by atoms with E-state index in [1.54, 1.807) is 19.1 Å². The molecule has 1 aliphatic rings.